The monoisotopic (exact) mass is 382 g/mol. The number of nitrogens with one attached hydrogen (secondary N) is 2. The molecule has 1 atom stereocenters. The van der Waals surface area contributed by atoms with Crippen molar-refractivity contribution in [2.75, 3.05) is 5.32 Å². The largest absolute Gasteiger partial charge is 0.326 e. The van der Waals surface area contributed by atoms with Gasteiger partial charge in [-0.1, -0.05) is 53.4 Å². The molecule has 0 aliphatic carbocycles. The van der Waals surface area contributed by atoms with Gasteiger partial charge in [-0.3, -0.25) is 9.59 Å². The predicted molar refractivity (Wildman–Crippen MR) is 106 cm³/mol. The molecule has 1 fully saturated rings. The number of amidine groups is 1. The minimum Gasteiger partial charge on any atom is -0.326 e. The molecule has 130 valence electrons. The molecular weight excluding hydrogens is 368 g/mol. The Labute approximate surface area is 157 Å². The average Bonchev–Trinajstić information content (AvgIpc) is 3.18. The lowest BCUT2D eigenvalue weighted by Gasteiger charge is -2.06. The van der Waals surface area contributed by atoms with Gasteiger partial charge in [0.15, 0.2) is 5.17 Å². The van der Waals surface area contributed by atoms with Gasteiger partial charge in [0, 0.05) is 12.1 Å². The molecule has 1 saturated heterocycles. The van der Waals surface area contributed by atoms with E-state index in [4.69, 9.17) is 0 Å². The Morgan fingerprint density at radius 2 is 1.92 bits per heavy atom. The first-order valence-electron chi connectivity index (χ1n) is 7.94. The molecule has 0 radical (unpaired) electrons. The average molecular weight is 382 g/mol. The van der Waals surface area contributed by atoms with Crippen molar-refractivity contribution in [3.8, 4) is 0 Å². The van der Waals surface area contributed by atoms with Crippen LogP contribution in [0.5, 0.6) is 0 Å². The van der Waals surface area contributed by atoms with E-state index in [9.17, 15) is 9.59 Å². The van der Waals surface area contributed by atoms with E-state index in [0.717, 1.165) is 10.2 Å². The second-order valence-corrected chi connectivity index (χ2v) is 7.80. The van der Waals surface area contributed by atoms with Crippen molar-refractivity contribution in [3.05, 3.63) is 54.6 Å². The first kappa shape index (κ1) is 16.7. The molecule has 26 heavy (non-hydrogen) atoms. The van der Waals surface area contributed by atoms with Crippen molar-refractivity contribution in [1.82, 2.24) is 10.3 Å². The summed E-state index contributed by atoms with van der Waals surface area (Å²) in [6.07, 6.45) is 0.0876. The molecule has 2 heterocycles. The molecule has 8 heteroatoms. The summed E-state index contributed by atoms with van der Waals surface area (Å²) in [7, 11) is 0. The Balaban J connectivity index is 1.42. The molecule has 2 amide bonds. The zero-order valence-corrected chi connectivity index (χ0v) is 15.1. The van der Waals surface area contributed by atoms with Crippen LogP contribution in [0, 0.1) is 0 Å². The predicted octanol–water partition coefficient (Wildman–Crippen LogP) is 3.54. The molecule has 1 unspecified atom stereocenters. The number of rotatable bonds is 4. The molecule has 3 aromatic rings. The van der Waals surface area contributed by atoms with Crippen LogP contribution in [0.3, 0.4) is 0 Å². The molecule has 1 aliphatic rings. The Kier molecular flexibility index (Phi) is 4.68. The van der Waals surface area contributed by atoms with Crippen LogP contribution >= 0.6 is 23.1 Å². The second kappa shape index (κ2) is 7.27. The SMILES string of the molecule is O=C(CC1S/C(=N\c2nc3ccccc3s2)NC1=O)Nc1ccccc1. The fraction of sp³-hybridized carbons (Fsp3) is 0.111. The van der Waals surface area contributed by atoms with Crippen LogP contribution in [0.1, 0.15) is 6.42 Å². The summed E-state index contributed by atoms with van der Waals surface area (Å²) in [5.41, 5.74) is 1.59. The normalized spacial score (nSPS) is 18.2. The number of fused-ring (bicyclic) bond motifs is 1. The Morgan fingerprint density at radius 3 is 2.73 bits per heavy atom. The Morgan fingerprint density at radius 1 is 1.15 bits per heavy atom. The highest BCUT2D eigenvalue weighted by atomic mass is 32.2. The maximum atomic E-state index is 12.1. The molecule has 4 rings (SSSR count). The minimum atomic E-state index is -0.494. The van der Waals surface area contributed by atoms with Crippen molar-refractivity contribution >= 4 is 61.1 Å². The van der Waals surface area contributed by atoms with Gasteiger partial charge < -0.3 is 10.6 Å². The maximum absolute atomic E-state index is 12.1. The zero-order chi connectivity index (χ0) is 17.9. The molecular formula is C18H14N4O2S2. The van der Waals surface area contributed by atoms with Gasteiger partial charge >= 0.3 is 0 Å². The number of para-hydroxylation sites is 2. The van der Waals surface area contributed by atoms with Gasteiger partial charge in [-0.2, -0.15) is 4.99 Å². The number of aromatic nitrogens is 1. The number of hydrogen-bond acceptors (Lipinski definition) is 6. The number of hydrogen-bond donors (Lipinski definition) is 2. The van der Waals surface area contributed by atoms with E-state index in [-0.39, 0.29) is 18.2 Å². The van der Waals surface area contributed by atoms with Crippen LogP contribution in [0.15, 0.2) is 59.6 Å². The van der Waals surface area contributed by atoms with Crippen molar-refractivity contribution in [2.45, 2.75) is 11.7 Å². The lowest BCUT2D eigenvalue weighted by molar-refractivity contribution is -0.122. The summed E-state index contributed by atoms with van der Waals surface area (Å²) in [6, 6.07) is 16.9. The van der Waals surface area contributed by atoms with Crippen molar-refractivity contribution in [2.24, 2.45) is 4.99 Å². The van der Waals surface area contributed by atoms with E-state index in [1.54, 1.807) is 12.1 Å². The Hall–Kier alpha value is -2.71. The summed E-state index contributed by atoms with van der Waals surface area (Å²) in [6.45, 7) is 0. The van der Waals surface area contributed by atoms with Crippen LogP contribution in [0.2, 0.25) is 0 Å². The Bertz CT molecular complexity index is 968. The van der Waals surface area contributed by atoms with Crippen molar-refractivity contribution in [3.63, 3.8) is 0 Å². The molecule has 2 N–H and O–H groups in total. The van der Waals surface area contributed by atoms with E-state index in [1.807, 2.05) is 42.5 Å². The van der Waals surface area contributed by atoms with E-state index in [0.29, 0.717) is 16.0 Å². The third-order valence-corrected chi connectivity index (χ3v) is 5.70. The van der Waals surface area contributed by atoms with Gasteiger partial charge in [-0.15, -0.1) is 0 Å². The fourth-order valence-corrected chi connectivity index (χ4v) is 4.36. The van der Waals surface area contributed by atoms with E-state index in [2.05, 4.69) is 20.6 Å². The number of anilines is 1. The van der Waals surface area contributed by atoms with E-state index >= 15 is 0 Å². The topological polar surface area (TPSA) is 83.5 Å². The van der Waals surface area contributed by atoms with Crippen LogP contribution in [-0.2, 0) is 9.59 Å². The molecule has 0 bridgehead atoms. The highest BCUT2D eigenvalue weighted by molar-refractivity contribution is 8.15. The number of aliphatic imine (C=N–C) groups is 1. The molecule has 0 spiro atoms. The standard InChI is InChI=1S/C18H14N4O2S2/c23-15(19-11-6-2-1-3-7-11)10-14-16(24)21-18(26-14)22-17-20-12-8-4-5-9-13(12)25-17/h1-9,14H,10H2,(H,19,23)(H,20,21,22,24). The number of thioether (sulfide) groups is 1. The van der Waals surface area contributed by atoms with E-state index < -0.39 is 5.25 Å². The smallest absolute Gasteiger partial charge is 0.240 e. The summed E-state index contributed by atoms with van der Waals surface area (Å²) in [5, 5.41) is 6.09. The van der Waals surface area contributed by atoms with Crippen LogP contribution < -0.4 is 10.6 Å². The number of benzene rings is 2. The summed E-state index contributed by atoms with van der Waals surface area (Å²) < 4.78 is 1.04. The molecule has 6 nitrogen and oxygen atoms in total. The highest BCUT2D eigenvalue weighted by Gasteiger charge is 2.32. The van der Waals surface area contributed by atoms with Gasteiger partial charge in [0.25, 0.3) is 0 Å². The molecule has 2 aromatic carbocycles. The quantitative estimate of drug-likeness (QED) is 0.723. The molecule has 0 saturated carbocycles. The number of nitrogens with zero attached hydrogens (tertiary/aromatic N) is 2. The molecule has 1 aliphatic heterocycles. The van der Waals surface area contributed by atoms with Crippen LogP contribution in [-0.4, -0.2) is 27.2 Å². The number of thiazole rings is 1. The minimum absolute atomic E-state index is 0.0876. The van der Waals surface area contributed by atoms with Gasteiger partial charge in [-0.25, -0.2) is 4.98 Å². The van der Waals surface area contributed by atoms with Crippen LogP contribution in [0.4, 0.5) is 10.8 Å². The number of carbonyl (C=O) groups is 2. The lowest BCUT2D eigenvalue weighted by atomic mass is 10.2. The highest BCUT2D eigenvalue weighted by Crippen LogP contribution is 2.30. The second-order valence-electron chi connectivity index (χ2n) is 5.60. The van der Waals surface area contributed by atoms with Gasteiger partial charge in [0.1, 0.15) is 5.25 Å². The summed E-state index contributed by atoms with van der Waals surface area (Å²) in [5.74, 6) is -0.414. The van der Waals surface area contributed by atoms with Crippen LogP contribution in [0.25, 0.3) is 10.2 Å². The van der Waals surface area contributed by atoms with Gasteiger partial charge in [0.05, 0.1) is 10.2 Å². The van der Waals surface area contributed by atoms with Gasteiger partial charge in [-0.05, 0) is 24.3 Å². The first-order valence-corrected chi connectivity index (χ1v) is 9.64. The third kappa shape index (κ3) is 3.76. The first-order chi connectivity index (χ1) is 12.7. The maximum Gasteiger partial charge on any atom is 0.240 e. The lowest BCUT2D eigenvalue weighted by Crippen LogP contribution is -2.28. The van der Waals surface area contributed by atoms with Crippen molar-refractivity contribution in [1.29, 1.82) is 0 Å². The van der Waals surface area contributed by atoms with E-state index in [1.165, 1.54) is 23.1 Å². The summed E-state index contributed by atoms with van der Waals surface area (Å²) in [4.78, 5) is 33.1. The van der Waals surface area contributed by atoms with Crippen molar-refractivity contribution < 1.29 is 9.59 Å². The number of carbonyl (C=O) groups excluding carboxylic acids is 2. The van der Waals surface area contributed by atoms with Gasteiger partial charge in [0.2, 0.25) is 16.9 Å². The number of amides is 2. The third-order valence-electron chi connectivity index (χ3n) is 3.68. The summed E-state index contributed by atoms with van der Waals surface area (Å²) >= 11 is 2.72. The fourth-order valence-electron chi connectivity index (χ4n) is 2.49. The zero-order valence-electron chi connectivity index (χ0n) is 13.5. The molecule has 1 aromatic heterocycles.